The molecule has 0 aromatic heterocycles. The summed E-state index contributed by atoms with van der Waals surface area (Å²) in [6.07, 6.45) is 7.36. The van der Waals surface area contributed by atoms with Crippen LogP contribution in [-0.2, 0) is 4.79 Å². The van der Waals surface area contributed by atoms with Gasteiger partial charge in [0.1, 0.15) is 5.88 Å². The van der Waals surface area contributed by atoms with E-state index in [1.807, 2.05) is 0 Å². The fraction of sp³-hybridized carbons (Fsp3) is 0.929. The minimum absolute atomic E-state index is 0.147. The Morgan fingerprint density at radius 1 is 1.41 bits per heavy atom. The summed E-state index contributed by atoms with van der Waals surface area (Å²) < 4.78 is 0. The number of hydrogen-bond donors (Lipinski definition) is 0. The first-order valence-corrected chi connectivity index (χ1v) is 7.49. The van der Waals surface area contributed by atoms with E-state index >= 15 is 0 Å². The molecule has 1 saturated heterocycles. The lowest BCUT2D eigenvalue weighted by Crippen LogP contribution is -2.51. The van der Waals surface area contributed by atoms with Crippen molar-refractivity contribution in [3.8, 4) is 0 Å². The molecule has 2 unspecified atom stereocenters. The topological polar surface area (TPSA) is 20.3 Å². The van der Waals surface area contributed by atoms with Gasteiger partial charge < -0.3 is 4.90 Å². The van der Waals surface area contributed by atoms with Crippen LogP contribution in [-0.4, -0.2) is 28.8 Å². The van der Waals surface area contributed by atoms with Gasteiger partial charge in [-0.05, 0) is 37.5 Å². The Morgan fingerprint density at radius 2 is 2.12 bits per heavy atom. The fourth-order valence-corrected chi connectivity index (χ4v) is 3.97. The quantitative estimate of drug-likeness (QED) is 0.694. The molecule has 2 rings (SSSR count). The lowest BCUT2D eigenvalue weighted by molar-refractivity contribution is -0.134. The summed E-state index contributed by atoms with van der Waals surface area (Å²) in [5.41, 5.74) is 0.166. The van der Waals surface area contributed by atoms with Crippen molar-refractivity contribution in [1.29, 1.82) is 0 Å². The molecule has 2 aliphatic rings. The van der Waals surface area contributed by atoms with E-state index in [2.05, 4.69) is 18.7 Å². The SMILES string of the molecule is CC(C)C1CCCC2(CCCN2C(=O)CCl)C1. The molecule has 0 radical (unpaired) electrons. The highest BCUT2D eigenvalue weighted by molar-refractivity contribution is 6.27. The van der Waals surface area contributed by atoms with Crippen LogP contribution < -0.4 is 0 Å². The molecule has 1 spiro atoms. The Kier molecular flexibility index (Phi) is 4.02. The van der Waals surface area contributed by atoms with Crippen molar-refractivity contribution >= 4 is 17.5 Å². The van der Waals surface area contributed by atoms with Crippen LogP contribution in [0.2, 0.25) is 0 Å². The van der Waals surface area contributed by atoms with E-state index in [-0.39, 0.29) is 17.3 Å². The van der Waals surface area contributed by atoms with Gasteiger partial charge in [-0.3, -0.25) is 4.79 Å². The van der Waals surface area contributed by atoms with Crippen LogP contribution in [0.15, 0.2) is 0 Å². The predicted molar refractivity (Wildman–Crippen MR) is 71.2 cm³/mol. The normalized spacial score (nSPS) is 33.6. The lowest BCUT2D eigenvalue weighted by atomic mass is 9.70. The highest BCUT2D eigenvalue weighted by Crippen LogP contribution is 2.45. The van der Waals surface area contributed by atoms with Gasteiger partial charge >= 0.3 is 0 Å². The van der Waals surface area contributed by atoms with Crippen LogP contribution in [0.25, 0.3) is 0 Å². The molecule has 17 heavy (non-hydrogen) atoms. The predicted octanol–water partition coefficient (Wildman–Crippen LogP) is 3.43. The summed E-state index contributed by atoms with van der Waals surface area (Å²) in [5.74, 6) is 1.82. The zero-order valence-corrected chi connectivity index (χ0v) is 11.8. The number of carbonyl (C=O) groups is 1. The maximum atomic E-state index is 12.0. The maximum Gasteiger partial charge on any atom is 0.237 e. The monoisotopic (exact) mass is 257 g/mol. The van der Waals surface area contributed by atoms with Gasteiger partial charge in [0.15, 0.2) is 0 Å². The van der Waals surface area contributed by atoms with Gasteiger partial charge in [0.25, 0.3) is 0 Å². The van der Waals surface area contributed by atoms with Gasteiger partial charge in [0.05, 0.1) is 0 Å². The number of likely N-dealkylation sites (tertiary alicyclic amines) is 1. The Labute approximate surface area is 110 Å². The third kappa shape index (κ3) is 2.47. The molecule has 1 amide bonds. The fourth-order valence-electron chi connectivity index (χ4n) is 3.83. The molecular weight excluding hydrogens is 234 g/mol. The average Bonchev–Trinajstić information content (AvgIpc) is 2.71. The van der Waals surface area contributed by atoms with Crippen LogP contribution in [0.1, 0.15) is 52.4 Å². The Morgan fingerprint density at radius 3 is 2.76 bits per heavy atom. The molecule has 0 N–H and O–H groups in total. The molecule has 0 aromatic rings. The molecule has 2 fully saturated rings. The van der Waals surface area contributed by atoms with Gasteiger partial charge in [-0.25, -0.2) is 0 Å². The van der Waals surface area contributed by atoms with E-state index in [0.717, 1.165) is 24.8 Å². The molecular formula is C14H24ClNO. The second kappa shape index (κ2) is 5.17. The highest BCUT2D eigenvalue weighted by Gasteiger charge is 2.46. The zero-order valence-electron chi connectivity index (χ0n) is 11.0. The van der Waals surface area contributed by atoms with Crippen LogP contribution in [0, 0.1) is 11.8 Å². The van der Waals surface area contributed by atoms with Crippen LogP contribution in [0.3, 0.4) is 0 Å². The van der Waals surface area contributed by atoms with Gasteiger partial charge in [-0.2, -0.15) is 0 Å². The second-order valence-corrected chi connectivity index (χ2v) is 6.37. The summed E-state index contributed by atoms with van der Waals surface area (Å²) in [6.45, 7) is 5.55. The Bertz CT molecular complexity index is 292. The largest absolute Gasteiger partial charge is 0.336 e. The summed E-state index contributed by atoms with van der Waals surface area (Å²) in [5, 5.41) is 0. The first kappa shape index (κ1) is 13.2. The minimum Gasteiger partial charge on any atom is -0.336 e. The standard InChI is InChI=1S/C14H24ClNO/c1-11(2)12-5-3-6-14(9-12)7-4-8-16(14)13(17)10-15/h11-12H,3-10H2,1-2H3. The number of halogens is 1. The summed E-state index contributed by atoms with van der Waals surface area (Å²) >= 11 is 5.74. The number of alkyl halides is 1. The van der Waals surface area contributed by atoms with Gasteiger partial charge in [0.2, 0.25) is 5.91 Å². The highest BCUT2D eigenvalue weighted by atomic mass is 35.5. The lowest BCUT2D eigenvalue weighted by Gasteiger charge is -2.45. The molecule has 2 nitrogen and oxygen atoms in total. The number of rotatable bonds is 2. The van der Waals surface area contributed by atoms with E-state index in [0.29, 0.717) is 0 Å². The third-order valence-electron chi connectivity index (χ3n) is 4.81. The van der Waals surface area contributed by atoms with Gasteiger partial charge in [0, 0.05) is 12.1 Å². The van der Waals surface area contributed by atoms with Crippen molar-refractivity contribution < 1.29 is 4.79 Å². The van der Waals surface area contributed by atoms with Crippen LogP contribution in [0.4, 0.5) is 0 Å². The van der Waals surface area contributed by atoms with Gasteiger partial charge in [-0.15, -0.1) is 11.6 Å². The van der Waals surface area contributed by atoms with Crippen molar-refractivity contribution in [3.63, 3.8) is 0 Å². The first-order chi connectivity index (χ1) is 8.09. The number of hydrogen-bond acceptors (Lipinski definition) is 1. The van der Waals surface area contributed by atoms with E-state index < -0.39 is 0 Å². The maximum absolute atomic E-state index is 12.0. The molecule has 1 heterocycles. The number of amides is 1. The summed E-state index contributed by atoms with van der Waals surface area (Å²) in [7, 11) is 0. The molecule has 1 aliphatic heterocycles. The Balaban J connectivity index is 2.13. The van der Waals surface area contributed by atoms with Crippen molar-refractivity contribution in [2.75, 3.05) is 12.4 Å². The molecule has 0 aromatic carbocycles. The number of carbonyl (C=O) groups excluding carboxylic acids is 1. The van der Waals surface area contributed by atoms with Crippen molar-refractivity contribution in [1.82, 2.24) is 4.90 Å². The third-order valence-corrected chi connectivity index (χ3v) is 5.04. The molecule has 2 atom stereocenters. The van der Waals surface area contributed by atoms with Crippen LogP contribution in [0.5, 0.6) is 0 Å². The average molecular weight is 258 g/mol. The molecule has 98 valence electrons. The van der Waals surface area contributed by atoms with Crippen molar-refractivity contribution in [2.24, 2.45) is 11.8 Å². The van der Waals surface area contributed by atoms with Crippen molar-refractivity contribution in [2.45, 2.75) is 57.9 Å². The van der Waals surface area contributed by atoms with E-state index in [1.54, 1.807) is 0 Å². The smallest absolute Gasteiger partial charge is 0.237 e. The molecule has 0 bridgehead atoms. The number of nitrogens with zero attached hydrogens (tertiary/aromatic N) is 1. The first-order valence-electron chi connectivity index (χ1n) is 6.95. The van der Waals surface area contributed by atoms with E-state index in [1.165, 1.54) is 32.1 Å². The molecule has 3 heteroatoms. The second-order valence-electron chi connectivity index (χ2n) is 6.11. The molecule has 1 aliphatic carbocycles. The summed E-state index contributed by atoms with van der Waals surface area (Å²) in [6, 6.07) is 0. The minimum atomic E-state index is 0.147. The van der Waals surface area contributed by atoms with Crippen molar-refractivity contribution in [3.05, 3.63) is 0 Å². The van der Waals surface area contributed by atoms with E-state index in [9.17, 15) is 4.79 Å². The Hall–Kier alpha value is -0.240. The van der Waals surface area contributed by atoms with E-state index in [4.69, 9.17) is 11.6 Å². The van der Waals surface area contributed by atoms with Gasteiger partial charge in [-0.1, -0.05) is 26.7 Å². The molecule has 1 saturated carbocycles. The summed E-state index contributed by atoms with van der Waals surface area (Å²) in [4.78, 5) is 14.1. The van der Waals surface area contributed by atoms with Crippen LogP contribution >= 0.6 is 11.6 Å². The zero-order chi connectivity index (χ0) is 12.5.